The third-order valence-electron chi connectivity index (χ3n) is 4.20. The first-order valence-corrected chi connectivity index (χ1v) is 7.44. The minimum Gasteiger partial charge on any atom is -0.319 e. The summed E-state index contributed by atoms with van der Waals surface area (Å²) in [6, 6.07) is 10.9. The number of nitrogens with zero attached hydrogens (tertiary/aromatic N) is 2. The molecule has 7 heteroatoms. The van der Waals surface area contributed by atoms with Gasteiger partial charge in [-0.2, -0.15) is 5.26 Å². The average molecular weight is 341 g/mol. The van der Waals surface area contributed by atoms with E-state index < -0.39 is 29.1 Å². The van der Waals surface area contributed by atoms with Crippen molar-refractivity contribution in [1.82, 2.24) is 10.2 Å². The number of carbonyl (C=O) groups is 2. The maximum Gasteiger partial charge on any atom is 0.325 e. The number of benzene rings is 2. The van der Waals surface area contributed by atoms with Gasteiger partial charge in [-0.25, -0.2) is 13.6 Å². The molecule has 1 heterocycles. The van der Waals surface area contributed by atoms with E-state index in [1.807, 2.05) is 6.07 Å². The largest absolute Gasteiger partial charge is 0.325 e. The van der Waals surface area contributed by atoms with Gasteiger partial charge in [-0.3, -0.25) is 9.69 Å². The Balaban J connectivity index is 1.88. The fourth-order valence-corrected chi connectivity index (χ4v) is 2.71. The van der Waals surface area contributed by atoms with E-state index in [0.29, 0.717) is 11.1 Å². The first-order valence-electron chi connectivity index (χ1n) is 7.44. The van der Waals surface area contributed by atoms with Gasteiger partial charge in [0.15, 0.2) is 11.6 Å². The molecule has 0 bridgehead atoms. The lowest BCUT2D eigenvalue weighted by atomic mass is 9.92. The van der Waals surface area contributed by atoms with Crippen molar-refractivity contribution in [2.45, 2.75) is 19.0 Å². The second-order valence-corrected chi connectivity index (χ2v) is 5.88. The summed E-state index contributed by atoms with van der Waals surface area (Å²) in [5, 5.41) is 11.3. The van der Waals surface area contributed by atoms with Crippen LogP contribution >= 0.6 is 0 Å². The minimum absolute atomic E-state index is 0.00957. The quantitative estimate of drug-likeness (QED) is 0.873. The molecule has 1 atom stereocenters. The number of nitrogens with one attached hydrogen (secondary N) is 1. The fraction of sp³-hybridized carbons (Fsp3) is 0.167. The molecule has 2 aromatic carbocycles. The lowest BCUT2D eigenvalue weighted by Crippen LogP contribution is -2.41. The Morgan fingerprint density at radius 3 is 2.40 bits per heavy atom. The first kappa shape index (κ1) is 16.6. The maximum absolute atomic E-state index is 13.5. The van der Waals surface area contributed by atoms with Crippen LogP contribution in [-0.4, -0.2) is 16.8 Å². The summed E-state index contributed by atoms with van der Waals surface area (Å²) in [5.41, 5.74) is -0.185. The third-order valence-corrected chi connectivity index (χ3v) is 4.20. The zero-order valence-electron chi connectivity index (χ0n) is 13.2. The van der Waals surface area contributed by atoms with Crippen LogP contribution in [0.3, 0.4) is 0 Å². The molecule has 0 aliphatic carbocycles. The number of urea groups is 1. The molecule has 0 radical (unpaired) electrons. The summed E-state index contributed by atoms with van der Waals surface area (Å²) in [7, 11) is 0. The van der Waals surface area contributed by atoms with Crippen LogP contribution in [0.2, 0.25) is 0 Å². The van der Waals surface area contributed by atoms with Crippen molar-refractivity contribution in [3.63, 3.8) is 0 Å². The summed E-state index contributed by atoms with van der Waals surface area (Å²) in [6.07, 6.45) is 0. The van der Waals surface area contributed by atoms with Crippen LogP contribution in [0.4, 0.5) is 13.6 Å². The van der Waals surface area contributed by atoms with Crippen LogP contribution in [-0.2, 0) is 16.9 Å². The van der Waals surface area contributed by atoms with Gasteiger partial charge in [-0.05, 0) is 42.3 Å². The Hall–Kier alpha value is -3.27. The van der Waals surface area contributed by atoms with Crippen molar-refractivity contribution in [1.29, 1.82) is 5.26 Å². The molecule has 126 valence electrons. The highest BCUT2D eigenvalue weighted by Crippen LogP contribution is 2.30. The van der Waals surface area contributed by atoms with Gasteiger partial charge in [0.1, 0.15) is 5.54 Å². The fourth-order valence-electron chi connectivity index (χ4n) is 2.71. The molecule has 1 aliphatic rings. The number of nitriles is 1. The zero-order chi connectivity index (χ0) is 18.2. The van der Waals surface area contributed by atoms with Gasteiger partial charge in [-0.15, -0.1) is 0 Å². The Bertz CT molecular complexity index is 906. The van der Waals surface area contributed by atoms with Gasteiger partial charge < -0.3 is 5.32 Å². The lowest BCUT2D eigenvalue weighted by molar-refractivity contribution is -0.131. The number of imide groups is 1. The molecule has 1 aliphatic heterocycles. The third kappa shape index (κ3) is 2.83. The van der Waals surface area contributed by atoms with Gasteiger partial charge in [-0.1, -0.05) is 18.2 Å². The van der Waals surface area contributed by atoms with Gasteiger partial charge in [0, 0.05) is 0 Å². The molecule has 1 unspecified atom stereocenters. The Kier molecular flexibility index (Phi) is 3.97. The average Bonchev–Trinajstić information content (AvgIpc) is 2.82. The second-order valence-electron chi connectivity index (χ2n) is 5.88. The van der Waals surface area contributed by atoms with E-state index in [9.17, 15) is 18.4 Å². The number of halogens is 2. The molecule has 2 aromatic rings. The van der Waals surface area contributed by atoms with Crippen LogP contribution in [0.15, 0.2) is 42.5 Å². The maximum atomic E-state index is 13.5. The highest BCUT2D eigenvalue weighted by Gasteiger charge is 2.49. The molecule has 1 fully saturated rings. The van der Waals surface area contributed by atoms with Crippen molar-refractivity contribution < 1.29 is 18.4 Å². The standard InChI is InChI=1S/C18H13F2N3O2/c1-18(13-6-7-14(19)15(20)8-13)16(24)23(17(25)22-18)10-12-4-2-11(9-21)3-5-12/h2-8H,10H2,1H3,(H,22,25). The number of rotatable bonds is 3. The van der Waals surface area contributed by atoms with Crippen LogP contribution in [0.5, 0.6) is 0 Å². The SMILES string of the molecule is CC1(c2ccc(F)c(F)c2)NC(=O)N(Cc2ccc(C#N)cc2)C1=O. The highest BCUT2D eigenvalue weighted by atomic mass is 19.2. The van der Waals surface area contributed by atoms with E-state index in [0.717, 1.165) is 17.0 Å². The molecule has 1 N–H and O–H groups in total. The number of carbonyl (C=O) groups excluding carboxylic acids is 2. The predicted molar refractivity (Wildman–Crippen MR) is 83.9 cm³/mol. The number of hydrogen-bond acceptors (Lipinski definition) is 3. The number of amides is 3. The molecule has 0 saturated carbocycles. The normalized spacial score (nSPS) is 19.7. The predicted octanol–water partition coefficient (Wildman–Crippen LogP) is 2.80. The molecule has 5 nitrogen and oxygen atoms in total. The van der Waals surface area contributed by atoms with Gasteiger partial charge in [0.2, 0.25) is 0 Å². The monoisotopic (exact) mass is 341 g/mol. The number of hydrogen-bond donors (Lipinski definition) is 1. The molecule has 0 spiro atoms. The molecular formula is C18H13F2N3O2. The zero-order valence-corrected chi connectivity index (χ0v) is 13.2. The summed E-state index contributed by atoms with van der Waals surface area (Å²) in [4.78, 5) is 26.0. The van der Waals surface area contributed by atoms with E-state index in [-0.39, 0.29) is 12.1 Å². The first-order chi connectivity index (χ1) is 11.8. The van der Waals surface area contributed by atoms with Gasteiger partial charge >= 0.3 is 6.03 Å². The topological polar surface area (TPSA) is 73.2 Å². The van der Waals surface area contributed by atoms with Crippen LogP contribution in [0.1, 0.15) is 23.6 Å². The van der Waals surface area contributed by atoms with Crippen LogP contribution < -0.4 is 5.32 Å². The van der Waals surface area contributed by atoms with Crippen LogP contribution in [0.25, 0.3) is 0 Å². The molecule has 3 rings (SSSR count). The lowest BCUT2D eigenvalue weighted by Gasteiger charge is -2.22. The molecular weight excluding hydrogens is 328 g/mol. The van der Waals surface area contributed by atoms with Crippen molar-refractivity contribution in [3.8, 4) is 6.07 Å². The molecule has 25 heavy (non-hydrogen) atoms. The summed E-state index contributed by atoms with van der Waals surface area (Å²) < 4.78 is 26.6. The summed E-state index contributed by atoms with van der Waals surface area (Å²) >= 11 is 0. The minimum atomic E-state index is -1.47. The second kappa shape index (κ2) is 5.98. The summed E-state index contributed by atoms with van der Waals surface area (Å²) in [6.45, 7) is 1.45. The highest BCUT2D eigenvalue weighted by molar-refractivity contribution is 6.07. The van der Waals surface area contributed by atoms with E-state index in [1.165, 1.54) is 13.0 Å². The molecule has 0 aromatic heterocycles. The molecule has 3 amide bonds. The Labute approximate surface area is 142 Å². The van der Waals surface area contributed by atoms with E-state index in [2.05, 4.69) is 5.32 Å². The van der Waals surface area contributed by atoms with Crippen LogP contribution in [0, 0.1) is 23.0 Å². The van der Waals surface area contributed by atoms with E-state index >= 15 is 0 Å². The van der Waals surface area contributed by atoms with Gasteiger partial charge in [0.25, 0.3) is 5.91 Å². The van der Waals surface area contributed by atoms with E-state index in [4.69, 9.17) is 5.26 Å². The smallest absolute Gasteiger partial charge is 0.319 e. The van der Waals surface area contributed by atoms with Crippen molar-refractivity contribution in [3.05, 3.63) is 70.8 Å². The van der Waals surface area contributed by atoms with E-state index in [1.54, 1.807) is 24.3 Å². The Morgan fingerprint density at radius 1 is 1.12 bits per heavy atom. The van der Waals surface area contributed by atoms with Crippen molar-refractivity contribution in [2.75, 3.05) is 0 Å². The summed E-state index contributed by atoms with van der Waals surface area (Å²) in [5.74, 6) is -2.68. The van der Waals surface area contributed by atoms with Gasteiger partial charge in [0.05, 0.1) is 18.2 Å². The molecule has 1 saturated heterocycles. The van der Waals surface area contributed by atoms with Crippen molar-refractivity contribution in [2.24, 2.45) is 0 Å². The Morgan fingerprint density at radius 2 is 1.80 bits per heavy atom. The van der Waals surface area contributed by atoms with Crippen molar-refractivity contribution >= 4 is 11.9 Å².